The van der Waals surface area contributed by atoms with Crippen LogP contribution in [-0.2, 0) is 11.2 Å². The molecule has 4 rings (SSSR count). The highest BCUT2D eigenvalue weighted by molar-refractivity contribution is 5.86. The van der Waals surface area contributed by atoms with Gasteiger partial charge in [0.05, 0.1) is 13.2 Å². The Bertz CT molecular complexity index is 1200. The highest BCUT2D eigenvalue weighted by atomic mass is 16.5. The lowest BCUT2D eigenvalue weighted by atomic mass is 9.96. The first-order valence-electron chi connectivity index (χ1n) is 11.4. The van der Waals surface area contributed by atoms with E-state index in [0.717, 1.165) is 34.2 Å². The molecule has 0 aliphatic heterocycles. The normalized spacial score (nSPS) is 11.8. The first-order chi connectivity index (χ1) is 16.1. The van der Waals surface area contributed by atoms with Crippen molar-refractivity contribution in [3.63, 3.8) is 0 Å². The molecule has 3 aromatic carbocycles. The number of likely N-dealkylation sites (N-methyl/N-ethyl adjacent to an activating group) is 1. The van der Waals surface area contributed by atoms with Crippen LogP contribution in [0.4, 0.5) is 0 Å². The van der Waals surface area contributed by atoms with Crippen LogP contribution < -0.4 is 9.47 Å². The summed E-state index contributed by atoms with van der Waals surface area (Å²) in [5.74, 6) is 1.41. The van der Waals surface area contributed by atoms with Crippen LogP contribution in [0.1, 0.15) is 36.6 Å². The SMILES string of the molecule is CCc1ccc(OCC(=O)N(CC)C(c2ccc(OC)cc2)c2c[nH]c3ccccc23)cc1. The fourth-order valence-corrected chi connectivity index (χ4v) is 4.19. The summed E-state index contributed by atoms with van der Waals surface area (Å²) < 4.78 is 11.2. The molecule has 1 N–H and O–H groups in total. The van der Waals surface area contributed by atoms with Gasteiger partial charge >= 0.3 is 0 Å². The summed E-state index contributed by atoms with van der Waals surface area (Å²) in [4.78, 5) is 18.6. The summed E-state index contributed by atoms with van der Waals surface area (Å²) in [6.07, 6.45) is 2.97. The molecule has 0 saturated heterocycles. The van der Waals surface area contributed by atoms with Crippen LogP contribution in [0.5, 0.6) is 11.5 Å². The lowest BCUT2D eigenvalue weighted by Gasteiger charge is -2.31. The molecular weight excluding hydrogens is 412 g/mol. The Morgan fingerprint density at radius 2 is 1.64 bits per heavy atom. The fraction of sp³-hybridized carbons (Fsp3) is 0.250. The molecule has 4 aromatic rings. The number of carbonyl (C=O) groups excluding carboxylic acids is 1. The molecule has 0 aliphatic carbocycles. The molecule has 1 aromatic heterocycles. The van der Waals surface area contributed by atoms with E-state index in [1.807, 2.05) is 84.8 Å². The first kappa shape index (κ1) is 22.5. The number of hydrogen-bond donors (Lipinski definition) is 1. The number of H-pyrrole nitrogens is 1. The molecule has 170 valence electrons. The Morgan fingerprint density at radius 1 is 0.939 bits per heavy atom. The predicted octanol–water partition coefficient (Wildman–Crippen LogP) is 5.76. The van der Waals surface area contributed by atoms with Crippen LogP contribution in [-0.4, -0.2) is 36.1 Å². The van der Waals surface area contributed by atoms with Crippen LogP contribution in [0.2, 0.25) is 0 Å². The second-order valence-electron chi connectivity index (χ2n) is 7.93. The van der Waals surface area contributed by atoms with Crippen LogP contribution >= 0.6 is 0 Å². The number of benzene rings is 3. The molecule has 0 saturated carbocycles. The van der Waals surface area contributed by atoms with E-state index in [1.54, 1.807) is 7.11 Å². The van der Waals surface area contributed by atoms with Crippen molar-refractivity contribution < 1.29 is 14.3 Å². The van der Waals surface area contributed by atoms with Crippen molar-refractivity contribution in [2.24, 2.45) is 0 Å². The number of para-hydroxylation sites is 1. The molecule has 1 amide bonds. The topological polar surface area (TPSA) is 54.6 Å². The zero-order valence-electron chi connectivity index (χ0n) is 19.4. The average Bonchev–Trinajstić information content (AvgIpc) is 3.30. The van der Waals surface area contributed by atoms with E-state index in [1.165, 1.54) is 5.56 Å². The third-order valence-corrected chi connectivity index (χ3v) is 6.01. The van der Waals surface area contributed by atoms with Crippen molar-refractivity contribution >= 4 is 16.8 Å². The first-order valence-corrected chi connectivity index (χ1v) is 11.4. The van der Waals surface area contributed by atoms with Gasteiger partial charge in [-0.3, -0.25) is 4.79 Å². The van der Waals surface area contributed by atoms with E-state index in [9.17, 15) is 4.79 Å². The van der Waals surface area contributed by atoms with E-state index < -0.39 is 0 Å². The third-order valence-electron chi connectivity index (χ3n) is 6.01. The van der Waals surface area contributed by atoms with Crippen molar-refractivity contribution in [2.75, 3.05) is 20.3 Å². The number of aromatic amines is 1. The molecule has 5 heteroatoms. The minimum atomic E-state index is -0.254. The largest absolute Gasteiger partial charge is 0.497 e. The number of methoxy groups -OCH3 is 1. The second kappa shape index (κ2) is 10.3. The highest BCUT2D eigenvalue weighted by Gasteiger charge is 2.28. The number of nitrogens with one attached hydrogen (secondary N) is 1. The molecule has 33 heavy (non-hydrogen) atoms. The Hall–Kier alpha value is -3.73. The van der Waals surface area contributed by atoms with E-state index in [4.69, 9.17) is 9.47 Å². The predicted molar refractivity (Wildman–Crippen MR) is 132 cm³/mol. The maximum absolute atomic E-state index is 13.4. The molecule has 1 heterocycles. The standard InChI is InChI=1S/C28H30N2O3/c1-4-20-10-14-23(15-11-20)33-19-27(31)30(5-2)28(21-12-16-22(32-3)17-13-21)25-18-29-26-9-7-6-8-24(25)26/h6-18,28-29H,4-5,19H2,1-3H3. The summed E-state index contributed by atoms with van der Waals surface area (Å²) >= 11 is 0. The fourth-order valence-electron chi connectivity index (χ4n) is 4.19. The van der Waals surface area contributed by atoms with Crippen molar-refractivity contribution in [2.45, 2.75) is 26.3 Å². The lowest BCUT2D eigenvalue weighted by Crippen LogP contribution is -2.38. The summed E-state index contributed by atoms with van der Waals surface area (Å²) in [6, 6.07) is 23.7. The Balaban J connectivity index is 1.65. The van der Waals surface area contributed by atoms with Gasteiger partial charge in [0.15, 0.2) is 6.61 Å². The monoisotopic (exact) mass is 442 g/mol. The third kappa shape index (κ3) is 4.87. The van der Waals surface area contributed by atoms with Gasteiger partial charge in [-0.1, -0.05) is 49.4 Å². The van der Waals surface area contributed by atoms with Gasteiger partial charge < -0.3 is 19.4 Å². The van der Waals surface area contributed by atoms with Gasteiger partial charge in [-0.2, -0.15) is 0 Å². The molecule has 1 atom stereocenters. The van der Waals surface area contributed by atoms with Crippen LogP contribution in [0.15, 0.2) is 79.0 Å². The smallest absolute Gasteiger partial charge is 0.261 e. The van der Waals surface area contributed by atoms with E-state index in [2.05, 4.69) is 18.0 Å². The van der Waals surface area contributed by atoms with Crippen molar-refractivity contribution in [3.05, 3.63) is 95.7 Å². The summed E-state index contributed by atoms with van der Waals surface area (Å²) in [5, 5.41) is 1.10. The number of rotatable bonds is 9. The quantitative estimate of drug-likeness (QED) is 0.359. The summed E-state index contributed by atoms with van der Waals surface area (Å²) in [6.45, 7) is 4.64. The number of amides is 1. The number of aromatic nitrogens is 1. The average molecular weight is 443 g/mol. The van der Waals surface area contributed by atoms with Crippen LogP contribution in [0.25, 0.3) is 10.9 Å². The number of carbonyl (C=O) groups is 1. The van der Waals surface area contributed by atoms with E-state index in [0.29, 0.717) is 12.3 Å². The van der Waals surface area contributed by atoms with E-state index in [-0.39, 0.29) is 18.6 Å². The van der Waals surface area contributed by atoms with Crippen LogP contribution in [0, 0.1) is 0 Å². The highest BCUT2D eigenvalue weighted by Crippen LogP contribution is 2.34. The van der Waals surface area contributed by atoms with Crippen molar-refractivity contribution in [1.82, 2.24) is 9.88 Å². The number of fused-ring (bicyclic) bond motifs is 1. The summed E-state index contributed by atoms with van der Waals surface area (Å²) in [7, 11) is 1.65. The van der Waals surface area contributed by atoms with Gasteiger partial charge in [0.25, 0.3) is 5.91 Å². The second-order valence-corrected chi connectivity index (χ2v) is 7.93. The molecule has 0 radical (unpaired) electrons. The zero-order valence-corrected chi connectivity index (χ0v) is 19.4. The van der Waals surface area contributed by atoms with E-state index >= 15 is 0 Å². The Morgan fingerprint density at radius 3 is 2.30 bits per heavy atom. The minimum absolute atomic E-state index is 0.0195. The molecule has 5 nitrogen and oxygen atoms in total. The summed E-state index contributed by atoms with van der Waals surface area (Å²) in [5.41, 5.74) is 4.35. The number of nitrogens with zero attached hydrogens (tertiary/aromatic N) is 1. The lowest BCUT2D eigenvalue weighted by molar-refractivity contribution is -0.134. The van der Waals surface area contributed by atoms with Crippen molar-refractivity contribution in [1.29, 1.82) is 0 Å². The maximum Gasteiger partial charge on any atom is 0.261 e. The number of aryl methyl sites for hydroxylation is 1. The van der Waals surface area contributed by atoms with Gasteiger partial charge in [-0.25, -0.2) is 0 Å². The molecule has 1 unspecified atom stereocenters. The van der Waals surface area contributed by atoms with Gasteiger partial charge in [0, 0.05) is 29.2 Å². The zero-order chi connectivity index (χ0) is 23.2. The Labute approximate surface area is 195 Å². The van der Waals surface area contributed by atoms with Gasteiger partial charge in [-0.15, -0.1) is 0 Å². The molecule has 0 fully saturated rings. The van der Waals surface area contributed by atoms with Crippen LogP contribution in [0.3, 0.4) is 0 Å². The molecule has 0 bridgehead atoms. The molecule has 0 spiro atoms. The number of ether oxygens (including phenoxy) is 2. The molecule has 0 aliphatic rings. The van der Waals surface area contributed by atoms with Gasteiger partial charge in [0.2, 0.25) is 0 Å². The van der Waals surface area contributed by atoms with Gasteiger partial charge in [0.1, 0.15) is 11.5 Å². The Kier molecular flexibility index (Phi) is 6.98. The molecular formula is C28H30N2O3. The van der Waals surface area contributed by atoms with Crippen molar-refractivity contribution in [3.8, 4) is 11.5 Å². The number of hydrogen-bond acceptors (Lipinski definition) is 3. The van der Waals surface area contributed by atoms with Gasteiger partial charge in [-0.05, 0) is 54.8 Å². The maximum atomic E-state index is 13.4. The minimum Gasteiger partial charge on any atom is -0.497 e.